The van der Waals surface area contributed by atoms with E-state index >= 15 is 0 Å². The number of hydrogen-bond donors (Lipinski definition) is 3. The van der Waals surface area contributed by atoms with Gasteiger partial charge in [0.25, 0.3) is 5.95 Å². The molecule has 2 aliphatic rings. The number of carbonyl (C=O) groups is 1. The van der Waals surface area contributed by atoms with E-state index in [9.17, 15) is 10.0 Å². The highest BCUT2D eigenvalue weighted by Gasteiger charge is 2.23. The first-order valence-corrected chi connectivity index (χ1v) is 10.8. The third-order valence-electron chi connectivity index (χ3n) is 5.99. The first-order valence-electron chi connectivity index (χ1n) is 10.8. The molecular weight excluding hydrogens is 408 g/mol. The van der Waals surface area contributed by atoms with Gasteiger partial charge in [-0.25, -0.2) is 4.79 Å². The maximum Gasteiger partial charge on any atom is 0.415 e. The number of ether oxygens (including phenoxy) is 1. The van der Waals surface area contributed by atoms with Crippen molar-refractivity contribution >= 4 is 11.8 Å². The molecule has 5 rings (SSSR count). The summed E-state index contributed by atoms with van der Waals surface area (Å²) in [6.45, 7) is 1.76. The summed E-state index contributed by atoms with van der Waals surface area (Å²) in [7, 11) is 0. The quantitative estimate of drug-likeness (QED) is 0.425. The molecular formula is C24H24N4O4. The number of fused-ring (bicyclic) bond motifs is 1. The van der Waals surface area contributed by atoms with Crippen LogP contribution in [0.25, 0.3) is 22.5 Å². The van der Waals surface area contributed by atoms with Gasteiger partial charge in [0.15, 0.2) is 0 Å². The van der Waals surface area contributed by atoms with Crippen LogP contribution in [0.4, 0.5) is 4.79 Å². The lowest BCUT2D eigenvalue weighted by Gasteiger charge is -2.22. The molecule has 1 aliphatic heterocycles. The fourth-order valence-electron chi connectivity index (χ4n) is 4.35. The van der Waals surface area contributed by atoms with Crippen molar-refractivity contribution in [2.24, 2.45) is 5.16 Å². The molecule has 1 aliphatic carbocycles. The summed E-state index contributed by atoms with van der Waals surface area (Å²) in [5.41, 5.74) is 5.32. The van der Waals surface area contributed by atoms with Crippen molar-refractivity contribution in [2.45, 2.75) is 31.7 Å². The Morgan fingerprint density at radius 3 is 2.69 bits per heavy atom. The van der Waals surface area contributed by atoms with Gasteiger partial charge < -0.3 is 25.0 Å². The highest BCUT2D eigenvalue weighted by molar-refractivity contribution is 6.04. The number of oxime groups is 1. The highest BCUT2D eigenvalue weighted by Crippen LogP contribution is 2.39. The van der Waals surface area contributed by atoms with Crippen LogP contribution < -0.4 is 15.4 Å². The highest BCUT2D eigenvalue weighted by atomic mass is 16.6. The molecule has 2 aromatic heterocycles. The number of hydrogen-bond acceptors (Lipinski definition) is 7. The lowest BCUT2D eigenvalue weighted by atomic mass is 10.00. The Balaban J connectivity index is 1.45. The molecule has 1 aromatic carbocycles. The van der Waals surface area contributed by atoms with Crippen molar-refractivity contribution in [1.82, 2.24) is 15.6 Å². The van der Waals surface area contributed by atoms with E-state index in [4.69, 9.17) is 9.15 Å². The molecule has 1 amide bonds. The van der Waals surface area contributed by atoms with Gasteiger partial charge in [-0.2, -0.15) is 0 Å². The minimum Gasteiger partial charge on any atom is -0.425 e. The number of piperidine rings is 1. The Labute approximate surface area is 185 Å². The second kappa shape index (κ2) is 8.84. The second-order valence-electron chi connectivity index (χ2n) is 8.02. The zero-order valence-corrected chi connectivity index (χ0v) is 17.5. The number of aromatic nitrogens is 1. The zero-order valence-electron chi connectivity index (χ0n) is 17.5. The van der Waals surface area contributed by atoms with E-state index < -0.39 is 6.09 Å². The van der Waals surface area contributed by atoms with Gasteiger partial charge in [-0.05, 0) is 68.1 Å². The minimum absolute atomic E-state index is 0.0944. The van der Waals surface area contributed by atoms with Crippen LogP contribution in [0.1, 0.15) is 30.4 Å². The van der Waals surface area contributed by atoms with E-state index in [1.54, 1.807) is 18.5 Å². The van der Waals surface area contributed by atoms with E-state index in [0.717, 1.165) is 60.2 Å². The fourth-order valence-corrected chi connectivity index (χ4v) is 4.35. The number of rotatable bonds is 4. The van der Waals surface area contributed by atoms with Crippen LogP contribution in [0.5, 0.6) is 5.95 Å². The SMILES string of the molecule is O=C(NC1CCNCC1)Oc1cc(-c2ccncc2)c(-c2ccc3c(c2)CCC3=NO)o1. The predicted octanol–water partition coefficient (Wildman–Crippen LogP) is 3.97. The number of aryl methyl sites for hydroxylation is 1. The predicted molar refractivity (Wildman–Crippen MR) is 119 cm³/mol. The van der Waals surface area contributed by atoms with Crippen molar-refractivity contribution < 1.29 is 19.2 Å². The molecule has 3 heterocycles. The summed E-state index contributed by atoms with van der Waals surface area (Å²) in [4.78, 5) is 16.5. The maximum atomic E-state index is 12.4. The van der Waals surface area contributed by atoms with Gasteiger partial charge in [-0.1, -0.05) is 17.3 Å². The van der Waals surface area contributed by atoms with Crippen molar-refractivity contribution in [3.8, 4) is 28.4 Å². The summed E-state index contributed by atoms with van der Waals surface area (Å²) >= 11 is 0. The smallest absolute Gasteiger partial charge is 0.415 e. The third-order valence-corrected chi connectivity index (χ3v) is 5.99. The van der Waals surface area contributed by atoms with Gasteiger partial charge in [0.05, 0.1) is 5.71 Å². The summed E-state index contributed by atoms with van der Waals surface area (Å²) in [6.07, 6.45) is 6.15. The molecule has 1 saturated heterocycles. The Morgan fingerprint density at radius 1 is 1.09 bits per heavy atom. The number of amides is 1. The van der Waals surface area contributed by atoms with Gasteiger partial charge in [0, 0.05) is 41.2 Å². The lowest BCUT2D eigenvalue weighted by molar-refractivity contribution is 0.181. The van der Waals surface area contributed by atoms with Crippen molar-refractivity contribution in [3.05, 3.63) is 59.9 Å². The molecule has 8 nitrogen and oxygen atoms in total. The first kappa shape index (κ1) is 20.3. The molecule has 0 unspecified atom stereocenters. The topological polar surface area (TPSA) is 109 Å². The van der Waals surface area contributed by atoms with Crippen molar-refractivity contribution in [3.63, 3.8) is 0 Å². The number of nitrogens with one attached hydrogen (secondary N) is 2. The largest absolute Gasteiger partial charge is 0.425 e. The average Bonchev–Trinajstić information content (AvgIpc) is 3.43. The second-order valence-corrected chi connectivity index (χ2v) is 8.02. The van der Waals surface area contributed by atoms with Crippen LogP contribution in [0, 0.1) is 0 Å². The normalized spacial score (nSPS) is 17.3. The van der Waals surface area contributed by atoms with Crippen LogP contribution in [0.2, 0.25) is 0 Å². The summed E-state index contributed by atoms with van der Waals surface area (Å²) in [5.74, 6) is 0.745. The molecule has 32 heavy (non-hydrogen) atoms. The average molecular weight is 432 g/mol. The van der Waals surface area contributed by atoms with Gasteiger partial charge in [-0.3, -0.25) is 4.98 Å². The Bertz CT molecular complexity index is 1150. The van der Waals surface area contributed by atoms with Crippen LogP contribution in [-0.4, -0.2) is 41.1 Å². The molecule has 0 saturated carbocycles. The molecule has 0 bridgehead atoms. The molecule has 0 radical (unpaired) electrons. The van der Waals surface area contributed by atoms with Crippen LogP contribution in [0.15, 0.2) is 58.4 Å². The monoisotopic (exact) mass is 432 g/mol. The molecule has 1 fully saturated rings. The van der Waals surface area contributed by atoms with Gasteiger partial charge in [0.2, 0.25) is 0 Å². The Kier molecular flexibility index (Phi) is 5.60. The third kappa shape index (κ3) is 4.09. The van der Waals surface area contributed by atoms with Crippen molar-refractivity contribution in [1.29, 1.82) is 0 Å². The number of furan rings is 1. The molecule has 0 spiro atoms. The fraction of sp³-hybridized carbons (Fsp3) is 0.292. The molecule has 3 N–H and O–H groups in total. The summed E-state index contributed by atoms with van der Waals surface area (Å²) in [5, 5.41) is 18.8. The minimum atomic E-state index is -0.517. The van der Waals surface area contributed by atoms with Crippen LogP contribution in [-0.2, 0) is 6.42 Å². The van der Waals surface area contributed by atoms with Gasteiger partial charge in [0.1, 0.15) is 5.76 Å². The number of nitrogens with zero attached hydrogens (tertiary/aromatic N) is 2. The number of benzene rings is 1. The van der Waals surface area contributed by atoms with E-state index in [0.29, 0.717) is 17.9 Å². The van der Waals surface area contributed by atoms with E-state index in [1.807, 2.05) is 30.3 Å². The number of pyridine rings is 1. The standard InChI is InChI=1S/C24H24N4O4/c29-24(27-18-7-11-26-12-8-18)32-22-14-20(15-5-9-25-10-6-15)23(31-22)17-1-3-19-16(13-17)2-4-21(19)28-30/h1,3,5-6,9-10,13-14,18,26,30H,2,4,7-8,11-12H2,(H,27,29). The van der Waals surface area contributed by atoms with Crippen LogP contribution in [0.3, 0.4) is 0 Å². The van der Waals surface area contributed by atoms with E-state index in [1.165, 1.54) is 0 Å². The molecule has 0 atom stereocenters. The Morgan fingerprint density at radius 2 is 1.91 bits per heavy atom. The van der Waals surface area contributed by atoms with E-state index in [-0.39, 0.29) is 12.0 Å². The molecule has 164 valence electrons. The zero-order chi connectivity index (χ0) is 21.9. The molecule has 3 aromatic rings. The number of carbonyl (C=O) groups excluding carboxylic acids is 1. The summed E-state index contributed by atoms with van der Waals surface area (Å²) < 4.78 is 11.5. The van der Waals surface area contributed by atoms with Gasteiger partial charge in [-0.15, -0.1) is 0 Å². The van der Waals surface area contributed by atoms with Crippen molar-refractivity contribution in [2.75, 3.05) is 13.1 Å². The summed E-state index contributed by atoms with van der Waals surface area (Å²) in [6, 6.07) is 11.5. The lowest BCUT2D eigenvalue weighted by Crippen LogP contribution is -2.43. The van der Waals surface area contributed by atoms with Crippen LogP contribution >= 0.6 is 0 Å². The first-order chi connectivity index (χ1) is 15.7. The van der Waals surface area contributed by atoms with Gasteiger partial charge >= 0.3 is 6.09 Å². The molecule has 8 heteroatoms. The maximum absolute atomic E-state index is 12.4. The Hall–Kier alpha value is -3.65. The van der Waals surface area contributed by atoms with E-state index in [2.05, 4.69) is 20.8 Å².